The summed E-state index contributed by atoms with van der Waals surface area (Å²) in [5.41, 5.74) is 2.91. The summed E-state index contributed by atoms with van der Waals surface area (Å²) in [4.78, 5) is 10.8. The summed E-state index contributed by atoms with van der Waals surface area (Å²) in [5, 5.41) is 10.0. The molecule has 0 saturated carbocycles. The highest BCUT2D eigenvalue weighted by Crippen LogP contribution is 2.20. The van der Waals surface area contributed by atoms with Crippen LogP contribution in [0.3, 0.4) is 0 Å². The largest absolute Gasteiger partial charge is 0.481 e. The molecule has 0 aliphatic carbocycles. The molecule has 3 nitrogen and oxygen atoms in total. The van der Waals surface area contributed by atoms with Crippen LogP contribution in [-0.2, 0) is 11.2 Å². The molecule has 0 spiro atoms. The van der Waals surface area contributed by atoms with E-state index in [1.165, 1.54) is 5.39 Å². The number of aliphatic carboxylic acids is 1. The van der Waals surface area contributed by atoms with E-state index in [0.29, 0.717) is 0 Å². The Balaban J connectivity index is 2.09. The first kappa shape index (κ1) is 11.5. The molecular weight excluding hydrogens is 238 g/mol. The fraction of sp³-hybridized carbons (Fsp3) is 0.0625. The number of carboxylic acids is 1. The molecule has 0 amide bonds. The zero-order chi connectivity index (χ0) is 13.2. The molecule has 0 atom stereocenters. The third kappa shape index (κ3) is 2.22. The van der Waals surface area contributed by atoms with Gasteiger partial charge >= 0.3 is 5.97 Å². The van der Waals surface area contributed by atoms with Gasteiger partial charge in [-0.15, -0.1) is 0 Å². The van der Waals surface area contributed by atoms with E-state index >= 15 is 0 Å². The first-order chi connectivity index (χ1) is 9.24. The molecule has 0 bridgehead atoms. The molecule has 19 heavy (non-hydrogen) atoms. The Labute approximate surface area is 110 Å². The minimum absolute atomic E-state index is 0.0487. The van der Waals surface area contributed by atoms with Crippen molar-refractivity contribution < 1.29 is 9.90 Å². The van der Waals surface area contributed by atoms with E-state index in [4.69, 9.17) is 5.11 Å². The molecular formula is C16H13NO2. The smallest absolute Gasteiger partial charge is 0.307 e. The second-order valence-electron chi connectivity index (χ2n) is 4.48. The molecule has 94 valence electrons. The van der Waals surface area contributed by atoms with Crippen LogP contribution in [0.1, 0.15) is 5.56 Å². The Morgan fingerprint density at radius 1 is 1.05 bits per heavy atom. The molecule has 0 unspecified atom stereocenters. The number of rotatable bonds is 3. The van der Waals surface area contributed by atoms with E-state index in [-0.39, 0.29) is 6.42 Å². The predicted octanol–water partition coefficient (Wildman–Crippen LogP) is 3.26. The fourth-order valence-electron chi connectivity index (χ4n) is 2.30. The lowest BCUT2D eigenvalue weighted by Crippen LogP contribution is -2.01. The molecule has 2 aromatic carbocycles. The highest BCUT2D eigenvalue weighted by molar-refractivity contribution is 5.82. The maximum absolute atomic E-state index is 10.8. The van der Waals surface area contributed by atoms with E-state index in [0.717, 1.165) is 16.8 Å². The van der Waals surface area contributed by atoms with Gasteiger partial charge in [0.2, 0.25) is 0 Å². The summed E-state index contributed by atoms with van der Waals surface area (Å²) < 4.78 is 2.07. The minimum Gasteiger partial charge on any atom is -0.481 e. The van der Waals surface area contributed by atoms with Crippen LogP contribution in [0.15, 0.2) is 60.8 Å². The van der Waals surface area contributed by atoms with Crippen molar-refractivity contribution in [2.45, 2.75) is 6.42 Å². The second kappa shape index (κ2) is 4.61. The summed E-state index contributed by atoms with van der Waals surface area (Å²) in [6.45, 7) is 0. The Morgan fingerprint density at radius 2 is 1.89 bits per heavy atom. The lowest BCUT2D eigenvalue weighted by Gasteiger charge is -2.07. The van der Waals surface area contributed by atoms with E-state index in [1.54, 1.807) is 0 Å². The van der Waals surface area contributed by atoms with Crippen LogP contribution in [0.2, 0.25) is 0 Å². The monoisotopic (exact) mass is 251 g/mol. The SMILES string of the molecule is O=C(O)Cc1cccc(-n2ccc3ccccc32)c1. The van der Waals surface area contributed by atoms with Gasteiger partial charge < -0.3 is 9.67 Å². The Hall–Kier alpha value is -2.55. The van der Waals surface area contributed by atoms with E-state index in [2.05, 4.69) is 22.8 Å². The molecule has 3 aromatic rings. The van der Waals surface area contributed by atoms with Crippen molar-refractivity contribution in [3.63, 3.8) is 0 Å². The summed E-state index contributed by atoms with van der Waals surface area (Å²) in [6, 6.07) is 17.8. The Morgan fingerprint density at radius 3 is 2.74 bits per heavy atom. The van der Waals surface area contributed by atoms with Crippen LogP contribution in [0.5, 0.6) is 0 Å². The molecule has 0 radical (unpaired) electrons. The van der Waals surface area contributed by atoms with Crippen LogP contribution < -0.4 is 0 Å². The van der Waals surface area contributed by atoms with Gasteiger partial charge in [0.05, 0.1) is 11.9 Å². The number of carboxylic acid groups (broad SMARTS) is 1. The van der Waals surface area contributed by atoms with Crippen molar-refractivity contribution in [3.05, 3.63) is 66.4 Å². The topological polar surface area (TPSA) is 42.2 Å². The van der Waals surface area contributed by atoms with Gasteiger partial charge in [-0.05, 0) is 35.2 Å². The van der Waals surface area contributed by atoms with Crippen LogP contribution >= 0.6 is 0 Å². The molecule has 1 N–H and O–H groups in total. The van der Waals surface area contributed by atoms with Crippen LogP contribution in [-0.4, -0.2) is 15.6 Å². The average molecular weight is 251 g/mol. The highest BCUT2D eigenvalue weighted by atomic mass is 16.4. The highest BCUT2D eigenvalue weighted by Gasteiger charge is 2.05. The molecule has 0 aliphatic heterocycles. The Bertz CT molecular complexity index is 743. The number of para-hydroxylation sites is 1. The predicted molar refractivity (Wildman–Crippen MR) is 74.6 cm³/mol. The van der Waals surface area contributed by atoms with Crippen molar-refractivity contribution in [3.8, 4) is 5.69 Å². The van der Waals surface area contributed by atoms with E-state index in [9.17, 15) is 4.79 Å². The van der Waals surface area contributed by atoms with Crippen LogP contribution in [0, 0.1) is 0 Å². The summed E-state index contributed by atoms with van der Waals surface area (Å²) in [5.74, 6) is -0.811. The summed E-state index contributed by atoms with van der Waals surface area (Å²) >= 11 is 0. The number of nitrogens with zero attached hydrogens (tertiary/aromatic N) is 1. The first-order valence-corrected chi connectivity index (χ1v) is 6.11. The molecule has 3 rings (SSSR count). The van der Waals surface area contributed by atoms with Gasteiger partial charge in [0, 0.05) is 11.9 Å². The quantitative estimate of drug-likeness (QED) is 0.776. The van der Waals surface area contributed by atoms with Gasteiger partial charge in [-0.25, -0.2) is 0 Å². The molecule has 3 heteroatoms. The second-order valence-corrected chi connectivity index (χ2v) is 4.48. The number of fused-ring (bicyclic) bond motifs is 1. The zero-order valence-corrected chi connectivity index (χ0v) is 10.3. The van der Waals surface area contributed by atoms with Gasteiger partial charge in [0.25, 0.3) is 0 Å². The number of carbonyl (C=O) groups is 1. The molecule has 1 heterocycles. The third-order valence-electron chi connectivity index (χ3n) is 3.14. The maximum Gasteiger partial charge on any atom is 0.307 e. The minimum atomic E-state index is -0.811. The molecule has 0 saturated heterocycles. The van der Waals surface area contributed by atoms with Gasteiger partial charge in [-0.1, -0.05) is 30.3 Å². The van der Waals surface area contributed by atoms with Crippen LogP contribution in [0.25, 0.3) is 16.6 Å². The molecule has 0 fully saturated rings. The molecule has 1 aromatic heterocycles. The van der Waals surface area contributed by atoms with Crippen molar-refractivity contribution in [1.29, 1.82) is 0 Å². The summed E-state index contributed by atoms with van der Waals surface area (Å²) in [6.07, 6.45) is 2.05. The maximum atomic E-state index is 10.8. The van der Waals surface area contributed by atoms with E-state index < -0.39 is 5.97 Å². The molecule has 0 aliphatic rings. The average Bonchev–Trinajstić information content (AvgIpc) is 2.82. The van der Waals surface area contributed by atoms with Gasteiger partial charge in [-0.2, -0.15) is 0 Å². The van der Waals surface area contributed by atoms with Gasteiger partial charge in [0.1, 0.15) is 0 Å². The lowest BCUT2D eigenvalue weighted by atomic mass is 10.1. The summed E-state index contributed by atoms with van der Waals surface area (Å²) in [7, 11) is 0. The van der Waals surface area contributed by atoms with Gasteiger partial charge in [-0.3, -0.25) is 4.79 Å². The number of benzene rings is 2. The number of hydrogen-bond donors (Lipinski definition) is 1. The standard InChI is InChI=1S/C16H13NO2/c18-16(19)11-12-4-3-6-14(10-12)17-9-8-13-5-1-2-7-15(13)17/h1-10H,11H2,(H,18,19). The van der Waals surface area contributed by atoms with Crippen molar-refractivity contribution in [2.24, 2.45) is 0 Å². The van der Waals surface area contributed by atoms with Crippen LogP contribution in [0.4, 0.5) is 0 Å². The van der Waals surface area contributed by atoms with Crippen molar-refractivity contribution in [1.82, 2.24) is 4.57 Å². The van der Waals surface area contributed by atoms with Crippen molar-refractivity contribution >= 4 is 16.9 Å². The van der Waals surface area contributed by atoms with Crippen molar-refractivity contribution in [2.75, 3.05) is 0 Å². The first-order valence-electron chi connectivity index (χ1n) is 6.11. The zero-order valence-electron chi connectivity index (χ0n) is 10.3. The van der Waals surface area contributed by atoms with E-state index in [1.807, 2.05) is 42.6 Å². The normalized spacial score (nSPS) is 10.7. The number of aromatic nitrogens is 1. The fourth-order valence-corrected chi connectivity index (χ4v) is 2.30. The van der Waals surface area contributed by atoms with Gasteiger partial charge in [0.15, 0.2) is 0 Å². The third-order valence-corrected chi connectivity index (χ3v) is 3.14. The Kier molecular flexibility index (Phi) is 2.80. The number of hydrogen-bond acceptors (Lipinski definition) is 1. The lowest BCUT2D eigenvalue weighted by molar-refractivity contribution is -0.136.